The van der Waals surface area contributed by atoms with E-state index in [0.717, 1.165) is 6.07 Å². The number of carbonyl (C=O) groups is 1. The van der Waals surface area contributed by atoms with Crippen molar-refractivity contribution in [3.63, 3.8) is 0 Å². The first-order valence-corrected chi connectivity index (χ1v) is 6.34. The lowest BCUT2D eigenvalue weighted by atomic mass is 10.2. The van der Waals surface area contributed by atoms with Crippen LogP contribution in [0.15, 0.2) is 16.7 Å². The first-order chi connectivity index (χ1) is 8.95. The summed E-state index contributed by atoms with van der Waals surface area (Å²) in [5.74, 6) is -0.751. The Morgan fingerprint density at radius 2 is 2.37 bits per heavy atom. The lowest BCUT2D eigenvalue weighted by molar-refractivity contribution is -0.389. The first-order valence-electron chi connectivity index (χ1n) is 5.55. The Hall–Kier alpha value is -1.54. The Balaban J connectivity index is 2.81. The van der Waals surface area contributed by atoms with Crippen LogP contribution in [0.1, 0.15) is 23.7 Å². The third-order valence-electron chi connectivity index (χ3n) is 2.41. The van der Waals surface area contributed by atoms with Crippen molar-refractivity contribution >= 4 is 27.7 Å². The zero-order valence-electron chi connectivity index (χ0n) is 10.6. The van der Waals surface area contributed by atoms with E-state index in [1.165, 1.54) is 6.20 Å². The monoisotopic (exact) mass is 331 g/mol. The van der Waals surface area contributed by atoms with E-state index in [1.54, 1.807) is 7.11 Å². The van der Waals surface area contributed by atoms with Crippen molar-refractivity contribution in [3.05, 3.63) is 32.4 Å². The van der Waals surface area contributed by atoms with Crippen LogP contribution < -0.4 is 5.32 Å². The van der Waals surface area contributed by atoms with Gasteiger partial charge in [-0.05, 0) is 39.2 Å². The Labute approximate surface area is 118 Å². The van der Waals surface area contributed by atoms with Gasteiger partial charge in [-0.15, -0.1) is 0 Å². The van der Waals surface area contributed by atoms with E-state index in [1.807, 2.05) is 6.92 Å². The summed E-state index contributed by atoms with van der Waals surface area (Å²) in [4.78, 5) is 25.6. The normalized spacial score (nSPS) is 11.9. The molecular formula is C11H14BrN3O4. The Morgan fingerprint density at radius 1 is 1.68 bits per heavy atom. The van der Waals surface area contributed by atoms with Gasteiger partial charge in [0.05, 0.1) is 10.0 Å². The van der Waals surface area contributed by atoms with Crippen molar-refractivity contribution in [1.82, 2.24) is 10.3 Å². The highest BCUT2D eigenvalue weighted by Gasteiger charge is 2.18. The van der Waals surface area contributed by atoms with Gasteiger partial charge in [-0.25, -0.2) is 0 Å². The van der Waals surface area contributed by atoms with Crippen LogP contribution in [0, 0.1) is 10.1 Å². The maximum absolute atomic E-state index is 12.0. The number of amides is 1. The Morgan fingerprint density at radius 3 is 2.95 bits per heavy atom. The van der Waals surface area contributed by atoms with Crippen LogP contribution in [0.5, 0.6) is 0 Å². The van der Waals surface area contributed by atoms with Crippen LogP contribution in [-0.4, -0.2) is 35.6 Å². The molecule has 0 aromatic carbocycles. The number of ether oxygens (including phenoxy) is 1. The summed E-state index contributed by atoms with van der Waals surface area (Å²) in [5.41, 5.74) is 0.186. The molecule has 8 heteroatoms. The summed E-state index contributed by atoms with van der Waals surface area (Å²) in [6, 6.07) is 1.05. The number of halogens is 1. The van der Waals surface area contributed by atoms with Gasteiger partial charge >= 0.3 is 5.82 Å². The minimum atomic E-state index is -0.641. The second-order valence-electron chi connectivity index (χ2n) is 3.94. The molecule has 0 aliphatic carbocycles. The first kappa shape index (κ1) is 15.5. The average Bonchev–Trinajstić information content (AvgIpc) is 2.36. The predicted molar refractivity (Wildman–Crippen MR) is 72.0 cm³/mol. The molecule has 0 radical (unpaired) electrons. The summed E-state index contributed by atoms with van der Waals surface area (Å²) in [5, 5.41) is 13.4. The summed E-state index contributed by atoms with van der Waals surface area (Å²) < 4.78 is 5.33. The maximum Gasteiger partial charge on any atom is 0.364 e. The smallest absolute Gasteiger partial charge is 0.364 e. The lowest BCUT2D eigenvalue weighted by Crippen LogP contribution is -2.33. The molecule has 1 N–H and O–H groups in total. The van der Waals surface area contributed by atoms with Gasteiger partial charge in [0.2, 0.25) is 0 Å². The quantitative estimate of drug-likeness (QED) is 0.634. The molecule has 0 fully saturated rings. The molecule has 0 saturated heterocycles. The summed E-state index contributed by atoms with van der Waals surface area (Å²) in [7, 11) is 1.58. The number of nitrogens with one attached hydrogen (secondary N) is 1. The minimum absolute atomic E-state index is 0.0911. The second-order valence-corrected chi connectivity index (χ2v) is 4.79. The van der Waals surface area contributed by atoms with Crippen molar-refractivity contribution in [3.8, 4) is 0 Å². The zero-order chi connectivity index (χ0) is 14.4. The van der Waals surface area contributed by atoms with Gasteiger partial charge in [-0.3, -0.25) is 4.79 Å². The predicted octanol–water partition coefficient (Wildman–Crippen LogP) is 1.91. The number of nitro groups is 1. The molecule has 0 bridgehead atoms. The van der Waals surface area contributed by atoms with E-state index in [0.29, 0.717) is 17.5 Å². The van der Waals surface area contributed by atoms with Gasteiger partial charge in [0.25, 0.3) is 5.91 Å². The Kier molecular flexibility index (Phi) is 5.84. The molecule has 1 amide bonds. The van der Waals surface area contributed by atoms with E-state index >= 15 is 0 Å². The number of hydrogen-bond donors (Lipinski definition) is 1. The highest BCUT2D eigenvalue weighted by atomic mass is 79.9. The van der Waals surface area contributed by atoms with Crippen LogP contribution in [0.25, 0.3) is 0 Å². The highest BCUT2D eigenvalue weighted by Crippen LogP contribution is 2.19. The van der Waals surface area contributed by atoms with Crippen LogP contribution >= 0.6 is 15.9 Å². The Bertz CT molecular complexity index is 481. The summed E-state index contributed by atoms with van der Waals surface area (Å²) in [6.45, 7) is 2.36. The molecule has 0 spiro atoms. The molecule has 19 heavy (non-hydrogen) atoms. The number of nitrogens with zero attached hydrogens (tertiary/aromatic N) is 2. The topological polar surface area (TPSA) is 94.4 Å². The van der Waals surface area contributed by atoms with Crippen LogP contribution in [-0.2, 0) is 4.74 Å². The van der Waals surface area contributed by atoms with Gasteiger partial charge in [-0.1, -0.05) is 0 Å². The second kappa shape index (κ2) is 7.15. The maximum atomic E-state index is 12.0. The number of hydrogen-bond acceptors (Lipinski definition) is 5. The summed E-state index contributed by atoms with van der Waals surface area (Å²) in [6.07, 6.45) is 1.90. The van der Waals surface area contributed by atoms with E-state index < -0.39 is 4.92 Å². The molecular weight excluding hydrogens is 318 g/mol. The van der Waals surface area contributed by atoms with Crippen LogP contribution in [0.3, 0.4) is 0 Å². The van der Waals surface area contributed by atoms with Gasteiger partial charge < -0.3 is 20.2 Å². The van der Waals surface area contributed by atoms with E-state index in [9.17, 15) is 14.9 Å². The molecule has 0 aliphatic heterocycles. The number of carbonyl (C=O) groups excluding carboxylic acids is 1. The number of aromatic nitrogens is 1. The standard InChI is InChI=1S/C11H14BrN3O4/c1-7(3-4-19-2)14-11(16)8-5-10(15(17)18)13-6-9(8)12/h5-7H,3-4H2,1-2H3,(H,14,16). The highest BCUT2D eigenvalue weighted by molar-refractivity contribution is 9.10. The SMILES string of the molecule is COCCC(C)NC(=O)c1cc([N+](=O)[O-])ncc1Br. The molecule has 1 aromatic heterocycles. The van der Waals surface area contributed by atoms with Gasteiger partial charge in [-0.2, -0.15) is 0 Å². The van der Waals surface area contributed by atoms with Gasteiger partial charge in [0.1, 0.15) is 0 Å². The van der Waals surface area contributed by atoms with Crippen molar-refractivity contribution in [1.29, 1.82) is 0 Å². The molecule has 1 unspecified atom stereocenters. The number of rotatable bonds is 6. The number of methoxy groups -OCH3 is 1. The molecule has 1 atom stereocenters. The molecule has 0 saturated carbocycles. The zero-order valence-corrected chi connectivity index (χ0v) is 12.1. The van der Waals surface area contributed by atoms with Gasteiger partial charge in [0.15, 0.2) is 6.20 Å². The molecule has 1 rings (SSSR count). The summed E-state index contributed by atoms with van der Waals surface area (Å²) >= 11 is 3.15. The van der Waals surface area contributed by atoms with E-state index in [4.69, 9.17) is 4.74 Å². The fourth-order valence-electron chi connectivity index (χ4n) is 1.37. The average molecular weight is 332 g/mol. The van der Waals surface area contributed by atoms with Crippen molar-refractivity contribution < 1.29 is 14.5 Å². The van der Waals surface area contributed by atoms with Crippen molar-refractivity contribution in [2.75, 3.05) is 13.7 Å². The fraction of sp³-hybridized carbons (Fsp3) is 0.455. The van der Waals surface area contributed by atoms with Crippen molar-refractivity contribution in [2.24, 2.45) is 0 Å². The van der Waals surface area contributed by atoms with E-state index in [-0.39, 0.29) is 23.3 Å². The van der Waals surface area contributed by atoms with Crippen LogP contribution in [0.2, 0.25) is 0 Å². The largest absolute Gasteiger partial charge is 0.385 e. The van der Waals surface area contributed by atoms with E-state index in [2.05, 4.69) is 26.2 Å². The third kappa shape index (κ3) is 4.56. The molecule has 0 aliphatic rings. The van der Waals surface area contributed by atoms with Crippen molar-refractivity contribution in [2.45, 2.75) is 19.4 Å². The molecule has 1 heterocycles. The molecule has 1 aromatic rings. The third-order valence-corrected chi connectivity index (χ3v) is 3.04. The number of pyridine rings is 1. The fourth-order valence-corrected chi connectivity index (χ4v) is 1.77. The van der Waals surface area contributed by atoms with Gasteiger partial charge in [0, 0.05) is 25.8 Å². The lowest BCUT2D eigenvalue weighted by Gasteiger charge is -2.13. The molecule has 7 nitrogen and oxygen atoms in total. The van der Waals surface area contributed by atoms with Crippen LogP contribution in [0.4, 0.5) is 5.82 Å². The minimum Gasteiger partial charge on any atom is -0.385 e. The molecule has 104 valence electrons.